The van der Waals surface area contributed by atoms with Crippen LogP contribution in [0.15, 0.2) is 51.9 Å². The van der Waals surface area contributed by atoms with Crippen LogP contribution < -0.4 is 5.32 Å². The summed E-state index contributed by atoms with van der Waals surface area (Å²) in [7, 11) is 0. The molecule has 3 nitrogen and oxygen atoms in total. The second-order valence-electron chi connectivity index (χ2n) is 4.97. The van der Waals surface area contributed by atoms with Gasteiger partial charge in [-0.2, -0.15) is 0 Å². The van der Waals surface area contributed by atoms with Crippen LogP contribution in [0, 0.1) is 0 Å². The highest BCUT2D eigenvalue weighted by Gasteiger charge is 2.18. The number of nitrogens with zero attached hydrogens (tertiary/aromatic N) is 1. The highest BCUT2D eigenvalue weighted by atomic mass is 127. The van der Waals surface area contributed by atoms with Crippen molar-refractivity contribution in [3.63, 3.8) is 0 Å². The van der Waals surface area contributed by atoms with Crippen molar-refractivity contribution in [1.82, 2.24) is 0 Å². The van der Waals surface area contributed by atoms with Gasteiger partial charge in [-0.3, -0.25) is 4.99 Å². The number of halogens is 2. The predicted molar refractivity (Wildman–Crippen MR) is 115 cm³/mol. The number of hydrogen-bond acceptors (Lipinski definition) is 4. The number of para-hydroxylation sites is 1. The molecule has 0 spiro atoms. The van der Waals surface area contributed by atoms with Gasteiger partial charge in [0.25, 0.3) is 0 Å². The van der Waals surface area contributed by atoms with E-state index in [2.05, 4.69) is 57.2 Å². The fourth-order valence-corrected chi connectivity index (χ4v) is 4.17. The van der Waals surface area contributed by atoms with Crippen molar-refractivity contribution in [3.05, 3.63) is 42.5 Å². The quantitative estimate of drug-likeness (QED) is 0.347. The largest absolute Gasteiger partial charge is 0.456 e. The SMILES string of the molecule is I.ICC1CN=C(Nc2ccc3c(c2)oc2ccccc23)S1. The van der Waals surface area contributed by atoms with Gasteiger partial charge in [-0.25, -0.2) is 0 Å². The van der Waals surface area contributed by atoms with Gasteiger partial charge >= 0.3 is 0 Å². The maximum Gasteiger partial charge on any atom is 0.161 e. The Labute approximate surface area is 163 Å². The normalized spacial score (nSPS) is 17.5. The highest BCUT2D eigenvalue weighted by molar-refractivity contribution is 14.1. The fourth-order valence-electron chi connectivity index (χ4n) is 2.49. The number of aliphatic imine (C=N–C) groups is 1. The summed E-state index contributed by atoms with van der Waals surface area (Å²) in [4.78, 5) is 4.54. The highest BCUT2D eigenvalue weighted by Crippen LogP contribution is 2.31. The summed E-state index contributed by atoms with van der Waals surface area (Å²) in [5.74, 6) is 0. The lowest BCUT2D eigenvalue weighted by Crippen LogP contribution is -2.08. The number of anilines is 1. The Morgan fingerprint density at radius 2 is 2.00 bits per heavy atom. The lowest BCUT2D eigenvalue weighted by Gasteiger charge is -2.06. The first-order valence-corrected chi connectivity index (χ1v) is 9.19. The van der Waals surface area contributed by atoms with Gasteiger partial charge < -0.3 is 9.73 Å². The number of amidine groups is 1. The summed E-state index contributed by atoms with van der Waals surface area (Å²) < 4.78 is 7.04. The predicted octanol–water partition coefficient (Wildman–Crippen LogP) is 5.52. The average molecular weight is 536 g/mol. The maximum absolute atomic E-state index is 5.91. The molecule has 114 valence electrons. The van der Waals surface area contributed by atoms with Crippen LogP contribution in [0.5, 0.6) is 0 Å². The van der Waals surface area contributed by atoms with Crippen LogP contribution >= 0.6 is 58.3 Å². The van der Waals surface area contributed by atoms with Crippen LogP contribution in [0.4, 0.5) is 5.69 Å². The summed E-state index contributed by atoms with van der Waals surface area (Å²) in [6.45, 7) is 0.906. The van der Waals surface area contributed by atoms with E-state index >= 15 is 0 Å². The number of nitrogens with one attached hydrogen (secondary N) is 1. The smallest absolute Gasteiger partial charge is 0.161 e. The molecule has 1 atom stereocenters. The van der Waals surface area contributed by atoms with E-state index in [4.69, 9.17) is 4.42 Å². The van der Waals surface area contributed by atoms with Crippen LogP contribution in [0.2, 0.25) is 0 Å². The van der Waals surface area contributed by atoms with Crippen molar-refractivity contribution in [2.45, 2.75) is 5.25 Å². The monoisotopic (exact) mass is 536 g/mol. The van der Waals surface area contributed by atoms with Crippen LogP contribution in [-0.4, -0.2) is 21.4 Å². The molecule has 0 bridgehead atoms. The first-order chi connectivity index (χ1) is 10.3. The van der Waals surface area contributed by atoms with Gasteiger partial charge in [0.15, 0.2) is 5.17 Å². The van der Waals surface area contributed by atoms with Crippen LogP contribution in [-0.2, 0) is 0 Å². The Bertz CT molecular complexity index is 846. The standard InChI is InChI=1S/C16H13IN2OS.HI/c17-8-11-9-18-16(21-11)19-10-5-6-13-12-3-1-2-4-14(12)20-15(13)7-10;/h1-7,11H,8-9H2,(H,18,19);1H. The topological polar surface area (TPSA) is 37.5 Å². The van der Waals surface area contributed by atoms with Gasteiger partial charge in [0.05, 0.1) is 6.54 Å². The van der Waals surface area contributed by atoms with E-state index in [1.54, 1.807) is 0 Å². The van der Waals surface area contributed by atoms with Crippen LogP contribution in [0.1, 0.15) is 0 Å². The van der Waals surface area contributed by atoms with Crippen LogP contribution in [0.25, 0.3) is 21.9 Å². The molecule has 4 rings (SSSR count). The molecular weight excluding hydrogens is 522 g/mol. The Kier molecular flexibility index (Phi) is 5.18. The zero-order valence-corrected chi connectivity index (χ0v) is 16.9. The molecule has 0 amide bonds. The number of furan rings is 1. The second kappa shape index (κ2) is 6.96. The molecule has 6 heteroatoms. The lowest BCUT2D eigenvalue weighted by atomic mass is 10.1. The summed E-state index contributed by atoms with van der Waals surface area (Å²) in [5.41, 5.74) is 2.87. The molecule has 3 aromatic rings. The van der Waals surface area contributed by atoms with E-state index in [-0.39, 0.29) is 24.0 Å². The Balaban J connectivity index is 0.00000144. The molecule has 1 aromatic heterocycles. The van der Waals surface area contributed by atoms with E-state index in [1.165, 1.54) is 0 Å². The first kappa shape index (κ1) is 16.4. The lowest BCUT2D eigenvalue weighted by molar-refractivity contribution is 0.669. The molecule has 1 N–H and O–H groups in total. The minimum absolute atomic E-state index is 0. The third-order valence-corrected chi connectivity index (χ3v) is 6.28. The summed E-state index contributed by atoms with van der Waals surface area (Å²) in [6.07, 6.45) is 0. The molecule has 0 fully saturated rings. The van der Waals surface area contributed by atoms with E-state index < -0.39 is 0 Å². The van der Waals surface area contributed by atoms with Crippen LogP contribution in [0.3, 0.4) is 0 Å². The molecule has 1 aliphatic heterocycles. The van der Waals surface area contributed by atoms with Gasteiger partial charge in [-0.15, -0.1) is 24.0 Å². The minimum atomic E-state index is 0. The van der Waals surface area contributed by atoms with Crippen molar-refractivity contribution >= 4 is 91.1 Å². The Morgan fingerprint density at radius 3 is 2.82 bits per heavy atom. The molecule has 0 saturated heterocycles. The van der Waals surface area contributed by atoms with Crippen molar-refractivity contribution < 1.29 is 4.42 Å². The number of thioether (sulfide) groups is 1. The number of hydrogen-bond donors (Lipinski definition) is 1. The fraction of sp³-hybridized carbons (Fsp3) is 0.188. The van der Waals surface area contributed by atoms with Crippen molar-refractivity contribution in [3.8, 4) is 0 Å². The number of benzene rings is 2. The maximum atomic E-state index is 5.91. The van der Waals surface area contributed by atoms with Gasteiger partial charge in [0.2, 0.25) is 0 Å². The Morgan fingerprint density at radius 1 is 1.18 bits per heavy atom. The first-order valence-electron chi connectivity index (χ1n) is 6.79. The third kappa shape index (κ3) is 3.09. The molecule has 22 heavy (non-hydrogen) atoms. The van der Waals surface area contributed by atoms with E-state index in [9.17, 15) is 0 Å². The third-order valence-electron chi connectivity index (χ3n) is 3.52. The number of alkyl halides is 1. The van der Waals surface area contributed by atoms with E-state index in [0.29, 0.717) is 5.25 Å². The number of rotatable bonds is 2. The van der Waals surface area contributed by atoms with Gasteiger partial charge in [-0.1, -0.05) is 52.6 Å². The van der Waals surface area contributed by atoms with E-state index in [0.717, 1.165) is 43.8 Å². The summed E-state index contributed by atoms with van der Waals surface area (Å²) >= 11 is 4.23. The van der Waals surface area contributed by atoms with Crippen molar-refractivity contribution in [1.29, 1.82) is 0 Å². The van der Waals surface area contributed by atoms with Gasteiger partial charge in [0.1, 0.15) is 11.2 Å². The van der Waals surface area contributed by atoms with Gasteiger partial charge in [0, 0.05) is 32.2 Å². The van der Waals surface area contributed by atoms with Crippen molar-refractivity contribution in [2.24, 2.45) is 4.99 Å². The molecule has 2 aromatic carbocycles. The summed E-state index contributed by atoms with van der Waals surface area (Å²) in [5, 5.41) is 7.32. The molecule has 1 unspecified atom stereocenters. The molecule has 0 radical (unpaired) electrons. The molecule has 0 aliphatic carbocycles. The van der Waals surface area contributed by atoms with Gasteiger partial charge in [-0.05, 0) is 18.2 Å². The van der Waals surface area contributed by atoms with E-state index in [1.807, 2.05) is 30.0 Å². The number of fused-ring (bicyclic) bond motifs is 3. The average Bonchev–Trinajstić information content (AvgIpc) is 3.10. The second-order valence-corrected chi connectivity index (χ2v) is 7.14. The summed E-state index contributed by atoms with van der Waals surface area (Å²) in [6, 6.07) is 14.4. The zero-order valence-electron chi connectivity index (χ0n) is 11.6. The minimum Gasteiger partial charge on any atom is -0.456 e. The molecule has 0 saturated carbocycles. The van der Waals surface area contributed by atoms with Crippen molar-refractivity contribution in [2.75, 3.05) is 16.3 Å². The molecule has 2 heterocycles. The molecule has 1 aliphatic rings. The molecular formula is C16H14I2N2OS. The Hall–Kier alpha value is -0.480. The zero-order chi connectivity index (χ0) is 14.2.